The zero-order valence-corrected chi connectivity index (χ0v) is 27.8. The molecule has 0 saturated carbocycles. The first-order chi connectivity index (χ1) is 21.4. The van der Waals surface area contributed by atoms with E-state index in [-0.39, 0.29) is 35.4 Å². The van der Waals surface area contributed by atoms with Crippen LogP contribution in [0.25, 0.3) is 0 Å². The maximum atomic E-state index is 14.5. The fourth-order valence-corrected chi connectivity index (χ4v) is 6.48. The molecular weight excluding hydrogens is 629 g/mol. The highest BCUT2D eigenvalue weighted by Gasteiger charge is 2.34. The average molecular weight is 667 g/mol. The molecule has 0 fully saturated rings. The third kappa shape index (κ3) is 9.33. The van der Waals surface area contributed by atoms with Crippen molar-refractivity contribution in [1.29, 1.82) is 0 Å². The Morgan fingerprint density at radius 2 is 1.47 bits per heavy atom. The van der Waals surface area contributed by atoms with E-state index in [1.165, 1.54) is 23.1 Å². The number of rotatable bonds is 13. The van der Waals surface area contributed by atoms with Gasteiger partial charge in [-0.05, 0) is 66.4 Å². The molecule has 1 unspecified atom stereocenters. The van der Waals surface area contributed by atoms with Gasteiger partial charge in [0.1, 0.15) is 12.6 Å². The summed E-state index contributed by atoms with van der Waals surface area (Å²) in [6.45, 7) is 5.75. The number of anilines is 1. The largest absolute Gasteiger partial charge is 0.354 e. The average Bonchev–Trinajstić information content (AvgIpc) is 3.01. The molecular formula is C35H37Cl2N3O4S. The van der Waals surface area contributed by atoms with Crippen molar-refractivity contribution in [2.24, 2.45) is 5.92 Å². The van der Waals surface area contributed by atoms with E-state index in [4.69, 9.17) is 23.2 Å². The number of aryl methyl sites for hydroxylation is 1. The Bertz CT molecular complexity index is 1700. The lowest BCUT2D eigenvalue weighted by Gasteiger charge is -2.34. The van der Waals surface area contributed by atoms with Crippen molar-refractivity contribution in [3.63, 3.8) is 0 Å². The van der Waals surface area contributed by atoms with Crippen LogP contribution in [0.1, 0.15) is 30.5 Å². The third-order valence-corrected chi connectivity index (χ3v) is 9.48. The summed E-state index contributed by atoms with van der Waals surface area (Å²) in [6, 6.07) is 28.3. The second kappa shape index (κ2) is 15.4. The quantitative estimate of drug-likeness (QED) is 0.168. The van der Waals surface area contributed by atoms with Gasteiger partial charge in [0.2, 0.25) is 11.8 Å². The van der Waals surface area contributed by atoms with Crippen molar-refractivity contribution in [3.8, 4) is 0 Å². The molecule has 236 valence electrons. The van der Waals surface area contributed by atoms with Crippen LogP contribution in [-0.4, -0.2) is 44.3 Å². The van der Waals surface area contributed by atoms with Gasteiger partial charge in [-0.15, -0.1) is 0 Å². The van der Waals surface area contributed by atoms with Crippen molar-refractivity contribution in [2.45, 2.75) is 44.7 Å². The molecule has 0 radical (unpaired) electrons. The van der Waals surface area contributed by atoms with Gasteiger partial charge in [0, 0.05) is 29.6 Å². The minimum Gasteiger partial charge on any atom is -0.354 e. The van der Waals surface area contributed by atoms with Crippen LogP contribution in [0.5, 0.6) is 0 Å². The highest BCUT2D eigenvalue weighted by Crippen LogP contribution is 2.27. The molecule has 0 aliphatic heterocycles. The monoisotopic (exact) mass is 665 g/mol. The van der Waals surface area contributed by atoms with E-state index in [1.807, 2.05) is 51.1 Å². The van der Waals surface area contributed by atoms with Crippen LogP contribution in [0, 0.1) is 12.8 Å². The van der Waals surface area contributed by atoms with E-state index in [1.54, 1.807) is 54.6 Å². The summed E-state index contributed by atoms with van der Waals surface area (Å²) in [7, 11) is -4.21. The SMILES string of the molecule is Cc1ccc(S(=O)(=O)N(CC(=O)N(Cc2ccc(Cl)cc2)C(Cc2ccccc2)C(=O)NCC(C)C)c2cccc(Cl)c2)cc1. The standard InChI is InChI=1S/C35H37Cl2N3O4S/c1-25(2)22-38-35(42)33(20-27-8-5-4-6-9-27)39(23-28-14-16-29(36)17-15-28)34(41)24-40(31-11-7-10-30(37)21-31)45(43,44)32-18-12-26(3)13-19-32/h4-19,21,25,33H,20,22-24H2,1-3H3,(H,38,42). The number of hydrogen-bond donors (Lipinski definition) is 1. The van der Waals surface area contributed by atoms with Crippen molar-refractivity contribution in [3.05, 3.63) is 130 Å². The number of halogens is 2. The minimum absolute atomic E-state index is 0.0284. The van der Waals surface area contributed by atoms with Crippen LogP contribution in [0.2, 0.25) is 10.0 Å². The molecule has 2 amide bonds. The minimum atomic E-state index is -4.21. The Labute approximate surface area is 275 Å². The van der Waals surface area contributed by atoms with E-state index in [9.17, 15) is 18.0 Å². The number of carbonyl (C=O) groups is 2. The summed E-state index contributed by atoms with van der Waals surface area (Å²) in [5, 5.41) is 3.83. The molecule has 1 N–H and O–H groups in total. The van der Waals surface area contributed by atoms with E-state index in [0.29, 0.717) is 16.6 Å². The van der Waals surface area contributed by atoms with E-state index in [2.05, 4.69) is 5.32 Å². The zero-order chi connectivity index (χ0) is 32.6. The van der Waals surface area contributed by atoms with Crippen molar-refractivity contribution in [2.75, 3.05) is 17.4 Å². The molecule has 4 aromatic carbocycles. The van der Waals surface area contributed by atoms with Gasteiger partial charge < -0.3 is 10.2 Å². The van der Waals surface area contributed by atoms with Crippen molar-refractivity contribution < 1.29 is 18.0 Å². The van der Waals surface area contributed by atoms with Gasteiger partial charge in [-0.25, -0.2) is 8.42 Å². The molecule has 7 nitrogen and oxygen atoms in total. The summed E-state index contributed by atoms with van der Waals surface area (Å²) in [5.41, 5.74) is 2.71. The Hall–Kier alpha value is -3.85. The number of hydrogen-bond acceptors (Lipinski definition) is 4. The number of sulfonamides is 1. The molecule has 0 spiro atoms. The van der Waals surface area contributed by atoms with Crippen LogP contribution in [-0.2, 0) is 32.6 Å². The van der Waals surface area contributed by atoms with Crippen molar-refractivity contribution in [1.82, 2.24) is 10.2 Å². The second-order valence-corrected chi connectivity index (χ2v) is 14.0. The molecule has 10 heteroatoms. The van der Waals surface area contributed by atoms with Gasteiger partial charge in [0.05, 0.1) is 10.6 Å². The van der Waals surface area contributed by atoms with Crippen LogP contribution >= 0.6 is 23.2 Å². The summed E-state index contributed by atoms with van der Waals surface area (Å²) >= 11 is 12.4. The topological polar surface area (TPSA) is 86.8 Å². The second-order valence-electron chi connectivity index (χ2n) is 11.3. The molecule has 0 heterocycles. The fourth-order valence-electron chi connectivity index (χ4n) is 4.76. The fraction of sp³-hybridized carbons (Fsp3) is 0.257. The molecule has 4 rings (SSSR count). The van der Waals surface area contributed by atoms with Crippen LogP contribution in [0.4, 0.5) is 5.69 Å². The Kier molecular flexibility index (Phi) is 11.7. The van der Waals surface area contributed by atoms with Gasteiger partial charge in [-0.3, -0.25) is 13.9 Å². The highest BCUT2D eigenvalue weighted by atomic mass is 35.5. The first-order valence-corrected chi connectivity index (χ1v) is 16.8. The number of nitrogens with one attached hydrogen (secondary N) is 1. The van der Waals surface area contributed by atoms with Gasteiger partial charge in [-0.1, -0.05) is 103 Å². The summed E-state index contributed by atoms with van der Waals surface area (Å²) < 4.78 is 29.2. The summed E-state index contributed by atoms with van der Waals surface area (Å²) in [5.74, 6) is -0.698. The van der Waals surface area contributed by atoms with Gasteiger partial charge in [0.15, 0.2) is 0 Å². The molecule has 4 aromatic rings. The van der Waals surface area contributed by atoms with Crippen LogP contribution in [0.3, 0.4) is 0 Å². The molecule has 1 atom stereocenters. The van der Waals surface area contributed by atoms with Gasteiger partial charge >= 0.3 is 0 Å². The molecule has 45 heavy (non-hydrogen) atoms. The molecule has 0 saturated heterocycles. The Balaban J connectivity index is 1.79. The maximum Gasteiger partial charge on any atom is 0.264 e. The number of amides is 2. The zero-order valence-electron chi connectivity index (χ0n) is 25.5. The normalized spacial score (nSPS) is 12.0. The van der Waals surface area contributed by atoms with E-state index < -0.39 is 28.5 Å². The number of nitrogens with zero attached hydrogens (tertiary/aromatic N) is 2. The Morgan fingerprint density at radius 3 is 2.09 bits per heavy atom. The van der Waals surface area contributed by atoms with Crippen LogP contribution < -0.4 is 9.62 Å². The van der Waals surface area contributed by atoms with Gasteiger partial charge in [-0.2, -0.15) is 0 Å². The number of benzene rings is 4. The first-order valence-electron chi connectivity index (χ1n) is 14.6. The third-order valence-electron chi connectivity index (χ3n) is 7.21. The lowest BCUT2D eigenvalue weighted by atomic mass is 10.0. The summed E-state index contributed by atoms with van der Waals surface area (Å²) in [6.07, 6.45) is 0.228. The number of carbonyl (C=O) groups excluding carboxylic acids is 2. The predicted molar refractivity (Wildman–Crippen MR) is 181 cm³/mol. The van der Waals surface area contributed by atoms with Crippen molar-refractivity contribution >= 4 is 50.7 Å². The Morgan fingerprint density at radius 1 is 0.800 bits per heavy atom. The molecule has 0 aliphatic rings. The van der Waals surface area contributed by atoms with Crippen LogP contribution in [0.15, 0.2) is 108 Å². The molecule has 0 aliphatic carbocycles. The maximum absolute atomic E-state index is 14.5. The highest BCUT2D eigenvalue weighted by molar-refractivity contribution is 7.92. The predicted octanol–water partition coefficient (Wildman–Crippen LogP) is 6.91. The van der Waals surface area contributed by atoms with E-state index in [0.717, 1.165) is 21.0 Å². The first kappa shape index (κ1) is 34.0. The smallest absolute Gasteiger partial charge is 0.264 e. The lowest BCUT2D eigenvalue weighted by molar-refractivity contribution is -0.140. The molecule has 0 bridgehead atoms. The van der Waals surface area contributed by atoms with E-state index >= 15 is 0 Å². The summed E-state index contributed by atoms with van der Waals surface area (Å²) in [4.78, 5) is 29.8. The molecule has 0 aromatic heterocycles. The van der Waals surface area contributed by atoms with Gasteiger partial charge in [0.25, 0.3) is 10.0 Å². The lowest BCUT2D eigenvalue weighted by Crippen LogP contribution is -2.53.